The number of hydrogen-bond acceptors (Lipinski definition) is 2. The van der Waals surface area contributed by atoms with Gasteiger partial charge in [-0.1, -0.05) is 37.3 Å². The zero-order valence-electron chi connectivity index (χ0n) is 11.9. The number of benzene rings is 1. The van der Waals surface area contributed by atoms with E-state index in [0.29, 0.717) is 11.8 Å². The minimum Gasteiger partial charge on any atom is -0.356 e. The van der Waals surface area contributed by atoms with Gasteiger partial charge in [0.2, 0.25) is 5.91 Å². The maximum absolute atomic E-state index is 11.6. The summed E-state index contributed by atoms with van der Waals surface area (Å²) in [7, 11) is 2.12. The van der Waals surface area contributed by atoms with Crippen LogP contribution in [0.25, 0.3) is 0 Å². The Bertz CT molecular complexity index is 404. The fraction of sp³-hybridized carbons (Fsp3) is 0.562. The van der Waals surface area contributed by atoms with E-state index in [1.165, 1.54) is 5.56 Å². The van der Waals surface area contributed by atoms with Crippen LogP contribution in [0.4, 0.5) is 0 Å². The van der Waals surface area contributed by atoms with Crippen LogP contribution in [0.15, 0.2) is 30.3 Å². The van der Waals surface area contributed by atoms with Gasteiger partial charge in [0.15, 0.2) is 0 Å². The average Bonchev–Trinajstić information content (AvgIpc) is 3.13. The van der Waals surface area contributed by atoms with Gasteiger partial charge >= 0.3 is 0 Å². The molecule has 1 aliphatic carbocycles. The zero-order valence-corrected chi connectivity index (χ0v) is 11.9. The van der Waals surface area contributed by atoms with E-state index in [4.69, 9.17) is 0 Å². The van der Waals surface area contributed by atoms with Crippen molar-refractivity contribution in [1.82, 2.24) is 10.2 Å². The summed E-state index contributed by atoms with van der Waals surface area (Å²) in [5, 5.41) is 3.03. The summed E-state index contributed by atoms with van der Waals surface area (Å²) < 4.78 is 0. The molecule has 0 aromatic heterocycles. The van der Waals surface area contributed by atoms with Crippen molar-refractivity contribution in [3.05, 3.63) is 35.9 Å². The Morgan fingerprint density at radius 3 is 2.68 bits per heavy atom. The van der Waals surface area contributed by atoms with E-state index in [1.807, 2.05) is 6.07 Å². The van der Waals surface area contributed by atoms with Gasteiger partial charge in [-0.25, -0.2) is 0 Å². The van der Waals surface area contributed by atoms with E-state index in [9.17, 15) is 4.79 Å². The van der Waals surface area contributed by atoms with E-state index >= 15 is 0 Å². The molecule has 1 amide bonds. The summed E-state index contributed by atoms with van der Waals surface area (Å²) in [6.07, 6.45) is 2.08. The largest absolute Gasteiger partial charge is 0.356 e. The summed E-state index contributed by atoms with van der Waals surface area (Å²) in [4.78, 5) is 13.9. The van der Waals surface area contributed by atoms with Crippen LogP contribution < -0.4 is 5.32 Å². The first-order valence-electron chi connectivity index (χ1n) is 7.17. The van der Waals surface area contributed by atoms with Crippen LogP contribution in [0.2, 0.25) is 0 Å². The molecule has 1 aromatic rings. The van der Waals surface area contributed by atoms with Crippen molar-refractivity contribution in [2.75, 3.05) is 20.1 Å². The van der Waals surface area contributed by atoms with Crippen molar-refractivity contribution < 1.29 is 4.79 Å². The molecule has 1 N–H and O–H groups in total. The maximum Gasteiger partial charge on any atom is 0.223 e. The van der Waals surface area contributed by atoms with Gasteiger partial charge in [0.1, 0.15) is 0 Å². The van der Waals surface area contributed by atoms with E-state index < -0.39 is 0 Å². The monoisotopic (exact) mass is 260 g/mol. The van der Waals surface area contributed by atoms with Gasteiger partial charge in [-0.3, -0.25) is 4.79 Å². The second-order valence-corrected chi connectivity index (χ2v) is 5.69. The number of carbonyl (C=O) groups excluding carboxylic acids is 1. The van der Waals surface area contributed by atoms with Crippen molar-refractivity contribution in [1.29, 1.82) is 0 Å². The lowest BCUT2D eigenvalue weighted by atomic mass is 10.2. The summed E-state index contributed by atoms with van der Waals surface area (Å²) in [5.74, 6) is 1.14. The highest BCUT2D eigenvalue weighted by Gasteiger charge is 2.38. The van der Waals surface area contributed by atoms with Crippen LogP contribution in [0.5, 0.6) is 0 Å². The molecule has 3 heteroatoms. The van der Waals surface area contributed by atoms with E-state index in [-0.39, 0.29) is 5.91 Å². The summed E-state index contributed by atoms with van der Waals surface area (Å²) in [6, 6.07) is 10.5. The van der Waals surface area contributed by atoms with Crippen LogP contribution in [0.1, 0.15) is 25.3 Å². The minimum absolute atomic E-state index is 0.248. The Balaban J connectivity index is 1.56. The number of carbonyl (C=O) groups is 1. The lowest BCUT2D eigenvalue weighted by Crippen LogP contribution is -2.29. The third-order valence-electron chi connectivity index (χ3n) is 3.76. The first-order chi connectivity index (χ1) is 9.16. The molecule has 0 spiro atoms. The zero-order chi connectivity index (χ0) is 13.7. The molecule has 1 aliphatic rings. The standard InChI is InChI=1S/C16H24N2O/c1-13-11-15(13)16(19)17-9-6-10-18(2)12-14-7-4-3-5-8-14/h3-5,7-8,13,15H,6,9-12H2,1-2H3,(H,17,19). The van der Waals surface area contributed by atoms with Gasteiger partial charge in [-0.05, 0) is 37.9 Å². The number of nitrogens with one attached hydrogen (secondary N) is 1. The molecule has 2 rings (SSSR count). The molecule has 1 fully saturated rings. The van der Waals surface area contributed by atoms with Crippen LogP contribution in [0.3, 0.4) is 0 Å². The SMILES string of the molecule is CC1CC1C(=O)NCCCN(C)Cc1ccccc1. The second-order valence-electron chi connectivity index (χ2n) is 5.69. The summed E-state index contributed by atoms with van der Waals surface area (Å²) in [6.45, 7) is 4.91. The summed E-state index contributed by atoms with van der Waals surface area (Å²) in [5.41, 5.74) is 1.33. The molecular formula is C16H24N2O. The summed E-state index contributed by atoms with van der Waals surface area (Å²) >= 11 is 0. The smallest absolute Gasteiger partial charge is 0.223 e. The predicted octanol–water partition coefficient (Wildman–Crippen LogP) is 2.28. The third kappa shape index (κ3) is 4.67. The molecule has 3 nitrogen and oxygen atoms in total. The van der Waals surface area contributed by atoms with Gasteiger partial charge in [0.05, 0.1) is 0 Å². The van der Waals surface area contributed by atoms with Crippen LogP contribution in [-0.4, -0.2) is 30.9 Å². The molecule has 2 unspecified atom stereocenters. The highest BCUT2D eigenvalue weighted by Crippen LogP contribution is 2.37. The molecule has 1 aromatic carbocycles. The Hall–Kier alpha value is -1.35. The molecule has 0 heterocycles. The molecule has 0 radical (unpaired) electrons. The van der Waals surface area contributed by atoms with Crippen molar-refractivity contribution in [3.63, 3.8) is 0 Å². The van der Waals surface area contributed by atoms with E-state index in [1.54, 1.807) is 0 Å². The van der Waals surface area contributed by atoms with E-state index in [2.05, 4.69) is 48.5 Å². The molecule has 0 bridgehead atoms. The van der Waals surface area contributed by atoms with Crippen LogP contribution in [-0.2, 0) is 11.3 Å². The fourth-order valence-electron chi connectivity index (χ4n) is 2.35. The topological polar surface area (TPSA) is 32.3 Å². The maximum atomic E-state index is 11.6. The number of nitrogens with zero attached hydrogens (tertiary/aromatic N) is 1. The highest BCUT2D eigenvalue weighted by molar-refractivity contribution is 5.81. The van der Waals surface area contributed by atoms with Gasteiger partial charge in [0.25, 0.3) is 0 Å². The molecule has 0 aliphatic heterocycles. The second kappa shape index (κ2) is 6.71. The lowest BCUT2D eigenvalue weighted by Gasteiger charge is -2.16. The molecule has 19 heavy (non-hydrogen) atoms. The highest BCUT2D eigenvalue weighted by atomic mass is 16.2. The van der Waals surface area contributed by atoms with Crippen molar-refractivity contribution in [2.45, 2.75) is 26.3 Å². The quantitative estimate of drug-likeness (QED) is 0.763. The Morgan fingerprint density at radius 1 is 1.37 bits per heavy atom. The molecule has 2 atom stereocenters. The lowest BCUT2D eigenvalue weighted by molar-refractivity contribution is -0.122. The Morgan fingerprint density at radius 2 is 2.05 bits per heavy atom. The minimum atomic E-state index is 0.248. The normalized spacial score (nSPS) is 21.4. The van der Waals surface area contributed by atoms with Gasteiger partial charge in [-0.2, -0.15) is 0 Å². The van der Waals surface area contributed by atoms with Crippen LogP contribution >= 0.6 is 0 Å². The first kappa shape index (κ1) is 14.1. The first-order valence-corrected chi connectivity index (χ1v) is 7.17. The van der Waals surface area contributed by atoms with Crippen LogP contribution in [0, 0.1) is 11.8 Å². The number of hydrogen-bond donors (Lipinski definition) is 1. The van der Waals surface area contributed by atoms with Crippen molar-refractivity contribution in [3.8, 4) is 0 Å². The number of amides is 1. The average molecular weight is 260 g/mol. The van der Waals surface area contributed by atoms with Crippen molar-refractivity contribution >= 4 is 5.91 Å². The number of rotatable bonds is 7. The van der Waals surface area contributed by atoms with Crippen molar-refractivity contribution in [2.24, 2.45) is 11.8 Å². The predicted molar refractivity (Wildman–Crippen MR) is 77.7 cm³/mol. The molecule has 0 saturated heterocycles. The molecule has 1 saturated carbocycles. The van der Waals surface area contributed by atoms with Gasteiger partial charge in [0, 0.05) is 19.0 Å². The van der Waals surface area contributed by atoms with Gasteiger partial charge < -0.3 is 10.2 Å². The molecule has 104 valence electrons. The third-order valence-corrected chi connectivity index (χ3v) is 3.76. The van der Waals surface area contributed by atoms with E-state index in [0.717, 1.165) is 32.5 Å². The van der Waals surface area contributed by atoms with Gasteiger partial charge in [-0.15, -0.1) is 0 Å². The molecular weight excluding hydrogens is 236 g/mol. The Labute approximate surface area is 116 Å². The fourth-order valence-corrected chi connectivity index (χ4v) is 2.35. The Kier molecular flexibility index (Phi) is 4.97.